The fourth-order valence-electron chi connectivity index (χ4n) is 0.314. The van der Waals surface area contributed by atoms with Crippen molar-refractivity contribution in [3.63, 3.8) is 0 Å². The normalized spacial score (nSPS) is 10.1. The lowest BCUT2D eigenvalue weighted by atomic mass is 10.2. The van der Waals surface area contributed by atoms with Crippen LogP contribution in [0.25, 0.3) is 0 Å². The van der Waals surface area contributed by atoms with E-state index in [0.29, 0.717) is 6.42 Å². The van der Waals surface area contributed by atoms with Crippen molar-refractivity contribution in [3.8, 4) is 0 Å². The lowest BCUT2D eigenvalue weighted by Gasteiger charge is -2.12. The minimum atomic E-state index is -2.02. The largest absolute Gasteiger partial charge is 0.354 e. The Morgan fingerprint density at radius 1 is 1.56 bits per heavy atom. The SMILES string of the molecule is Br.C=CCCC(N)(O)O. The summed E-state index contributed by atoms with van der Waals surface area (Å²) in [5.41, 5.74) is 4.78. The molecule has 0 atom stereocenters. The molecule has 0 amide bonds. The third-order valence-corrected chi connectivity index (χ3v) is 0.716. The first kappa shape index (κ1) is 11.8. The maximum atomic E-state index is 8.43. The van der Waals surface area contributed by atoms with Gasteiger partial charge in [0.1, 0.15) is 0 Å². The van der Waals surface area contributed by atoms with Crippen LogP contribution in [0.3, 0.4) is 0 Å². The molecule has 4 heteroatoms. The van der Waals surface area contributed by atoms with Crippen molar-refractivity contribution in [2.24, 2.45) is 5.73 Å². The molecule has 4 N–H and O–H groups in total. The van der Waals surface area contributed by atoms with Gasteiger partial charge in [-0.2, -0.15) is 0 Å². The third-order valence-electron chi connectivity index (χ3n) is 0.716. The van der Waals surface area contributed by atoms with Gasteiger partial charge in [0.05, 0.1) is 0 Å². The lowest BCUT2D eigenvalue weighted by molar-refractivity contribution is -0.159. The molecule has 3 nitrogen and oxygen atoms in total. The third kappa shape index (κ3) is 11.6. The van der Waals surface area contributed by atoms with Crippen molar-refractivity contribution in [2.75, 3.05) is 0 Å². The number of allylic oxidation sites excluding steroid dienone is 1. The highest BCUT2D eigenvalue weighted by Gasteiger charge is 2.12. The second-order valence-corrected chi connectivity index (χ2v) is 1.71. The number of hydrogen-bond acceptors (Lipinski definition) is 3. The van der Waals surface area contributed by atoms with E-state index in [0.717, 1.165) is 0 Å². The predicted molar refractivity (Wildman–Crippen MR) is 41.1 cm³/mol. The zero-order valence-electron chi connectivity index (χ0n) is 5.08. The van der Waals surface area contributed by atoms with E-state index in [-0.39, 0.29) is 23.4 Å². The van der Waals surface area contributed by atoms with Crippen LogP contribution in [0.15, 0.2) is 12.7 Å². The van der Waals surface area contributed by atoms with E-state index < -0.39 is 5.91 Å². The number of rotatable bonds is 3. The van der Waals surface area contributed by atoms with Gasteiger partial charge in [-0.25, -0.2) is 0 Å². The van der Waals surface area contributed by atoms with Crippen LogP contribution in [0, 0.1) is 0 Å². The van der Waals surface area contributed by atoms with Crippen LogP contribution < -0.4 is 5.73 Å². The number of nitrogens with two attached hydrogens (primary N) is 1. The molecule has 0 aliphatic carbocycles. The summed E-state index contributed by atoms with van der Waals surface area (Å²) in [7, 11) is 0. The van der Waals surface area contributed by atoms with E-state index in [2.05, 4.69) is 6.58 Å². The van der Waals surface area contributed by atoms with Crippen molar-refractivity contribution in [2.45, 2.75) is 18.8 Å². The lowest BCUT2D eigenvalue weighted by Crippen LogP contribution is -2.38. The second kappa shape index (κ2) is 4.93. The van der Waals surface area contributed by atoms with Crippen molar-refractivity contribution >= 4 is 17.0 Å². The molecule has 0 aromatic rings. The van der Waals surface area contributed by atoms with Gasteiger partial charge in [-0.05, 0) is 6.42 Å². The van der Waals surface area contributed by atoms with Crippen LogP contribution >= 0.6 is 17.0 Å². The van der Waals surface area contributed by atoms with Crippen LogP contribution in [-0.2, 0) is 0 Å². The standard InChI is InChI=1S/C5H11NO2.BrH/c1-2-3-4-5(6,7)8;/h2,7-8H,1,3-4,6H2;1H. The first-order valence-corrected chi connectivity index (χ1v) is 2.41. The molecule has 0 aromatic carbocycles. The number of aliphatic hydroxyl groups is 2. The molecule has 0 fully saturated rings. The summed E-state index contributed by atoms with van der Waals surface area (Å²) in [6, 6.07) is 0. The molecule has 0 unspecified atom stereocenters. The summed E-state index contributed by atoms with van der Waals surface area (Å²) < 4.78 is 0. The van der Waals surface area contributed by atoms with Gasteiger partial charge >= 0.3 is 0 Å². The molecule has 0 aliphatic rings. The van der Waals surface area contributed by atoms with Crippen molar-refractivity contribution < 1.29 is 10.2 Å². The van der Waals surface area contributed by atoms with E-state index in [1.807, 2.05) is 0 Å². The minimum Gasteiger partial charge on any atom is -0.354 e. The Morgan fingerprint density at radius 2 is 2.00 bits per heavy atom. The van der Waals surface area contributed by atoms with Gasteiger partial charge in [-0.1, -0.05) is 6.08 Å². The highest BCUT2D eigenvalue weighted by molar-refractivity contribution is 8.93. The molecule has 0 aromatic heterocycles. The maximum absolute atomic E-state index is 8.43. The summed E-state index contributed by atoms with van der Waals surface area (Å²) in [6.45, 7) is 3.39. The smallest absolute Gasteiger partial charge is 0.220 e. The van der Waals surface area contributed by atoms with E-state index >= 15 is 0 Å². The summed E-state index contributed by atoms with van der Waals surface area (Å²) in [5, 5.41) is 16.9. The fourth-order valence-corrected chi connectivity index (χ4v) is 0.314. The fraction of sp³-hybridized carbons (Fsp3) is 0.600. The molecular formula is C5H12BrNO2. The molecule has 56 valence electrons. The van der Waals surface area contributed by atoms with Gasteiger partial charge in [0.25, 0.3) is 0 Å². The zero-order valence-corrected chi connectivity index (χ0v) is 6.79. The molecule has 0 bridgehead atoms. The Balaban J connectivity index is 0. The van der Waals surface area contributed by atoms with E-state index in [4.69, 9.17) is 15.9 Å². The number of hydrogen-bond donors (Lipinski definition) is 3. The molecule has 0 rings (SSSR count). The van der Waals surface area contributed by atoms with Gasteiger partial charge in [0.15, 0.2) is 0 Å². The highest BCUT2D eigenvalue weighted by Crippen LogP contribution is 1.99. The first-order chi connectivity index (χ1) is 3.56. The summed E-state index contributed by atoms with van der Waals surface area (Å²) in [4.78, 5) is 0. The summed E-state index contributed by atoms with van der Waals surface area (Å²) in [6.07, 6.45) is 2.23. The average Bonchev–Trinajstić information content (AvgIpc) is 1.59. The van der Waals surface area contributed by atoms with Gasteiger partial charge in [0.2, 0.25) is 5.91 Å². The van der Waals surface area contributed by atoms with Crippen LogP contribution in [0.1, 0.15) is 12.8 Å². The maximum Gasteiger partial charge on any atom is 0.220 e. The van der Waals surface area contributed by atoms with E-state index in [9.17, 15) is 0 Å². The summed E-state index contributed by atoms with van der Waals surface area (Å²) >= 11 is 0. The van der Waals surface area contributed by atoms with Gasteiger partial charge in [-0.15, -0.1) is 23.6 Å². The van der Waals surface area contributed by atoms with Crippen molar-refractivity contribution in [3.05, 3.63) is 12.7 Å². The van der Waals surface area contributed by atoms with Gasteiger partial charge in [0, 0.05) is 6.42 Å². The Kier molecular flexibility index (Phi) is 6.49. The minimum absolute atomic E-state index is 0. The van der Waals surface area contributed by atoms with Crippen LogP contribution in [0.2, 0.25) is 0 Å². The van der Waals surface area contributed by atoms with Gasteiger partial charge in [-0.3, -0.25) is 5.73 Å². The molecule has 0 aliphatic heterocycles. The Morgan fingerprint density at radius 3 is 2.11 bits per heavy atom. The Bertz CT molecular complexity index is 79.5. The van der Waals surface area contributed by atoms with Crippen molar-refractivity contribution in [1.82, 2.24) is 0 Å². The van der Waals surface area contributed by atoms with Crippen LogP contribution in [0.5, 0.6) is 0 Å². The average molecular weight is 198 g/mol. The predicted octanol–water partition coefficient (Wildman–Crippen LogP) is 0.128. The molecular weight excluding hydrogens is 186 g/mol. The number of halogens is 1. The van der Waals surface area contributed by atoms with Crippen LogP contribution in [-0.4, -0.2) is 16.1 Å². The Labute approximate surface area is 65.0 Å². The molecule has 0 spiro atoms. The van der Waals surface area contributed by atoms with Gasteiger partial charge < -0.3 is 10.2 Å². The first-order valence-electron chi connectivity index (χ1n) is 2.41. The topological polar surface area (TPSA) is 66.5 Å². The molecule has 0 heterocycles. The Hall–Kier alpha value is 0.1000. The van der Waals surface area contributed by atoms with Crippen LogP contribution in [0.4, 0.5) is 0 Å². The zero-order chi connectivity index (χ0) is 6.62. The quantitative estimate of drug-likeness (QED) is 0.446. The molecule has 9 heavy (non-hydrogen) atoms. The van der Waals surface area contributed by atoms with E-state index in [1.54, 1.807) is 6.08 Å². The van der Waals surface area contributed by atoms with Crippen molar-refractivity contribution in [1.29, 1.82) is 0 Å². The summed E-state index contributed by atoms with van der Waals surface area (Å²) in [5.74, 6) is -2.02. The molecule has 0 saturated heterocycles. The monoisotopic (exact) mass is 197 g/mol. The molecule has 0 radical (unpaired) electrons. The van der Waals surface area contributed by atoms with E-state index in [1.165, 1.54) is 0 Å². The highest BCUT2D eigenvalue weighted by atomic mass is 79.9. The molecule has 0 saturated carbocycles. The second-order valence-electron chi connectivity index (χ2n) is 1.71.